The maximum Gasteiger partial charge on any atom is 0.165 e. The minimum atomic E-state index is 0.603. The Bertz CT molecular complexity index is 3150. The highest BCUT2D eigenvalue weighted by molar-refractivity contribution is 7.26. The third kappa shape index (κ3) is 5.04. The molecule has 0 bridgehead atoms. The molecule has 53 heavy (non-hydrogen) atoms. The van der Waals surface area contributed by atoms with E-state index in [0.717, 1.165) is 70.5 Å². The van der Waals surface area contributed by atoms with Crippen molar-refractivity contribution in [3.05, 3.63) is 158 Å². The van der Waals surface area contributed by atoms with Crippen LogP contribution in [0.5, 0.6) is 0 Å². The monoisotopic (exact) mass is 714 g/mol. The predicted octanol–water partition coefficient (Wildman–Crippen LogP) is 13.1. The summed E-state index contributed by atoms with van der Waals surface area (Å²) < 4.78 is 10.1. The number of fused-ring (bicyclic) bond motifs is 7. The molecule has 5 nitrogen and oxygen atoms in total. The normalized spacial score (nSPS) is 11.8. The Morgan fingerprint density at radius 1 is 0.396 bits per heavy atom. The lowest BCUT2D eigenvalue weighted by Crippen LogP contribution is -2.00. The molecule has 0 aliphatic carbocycles. The second-order valence-electron chi connectivity index (χ2n) is 13.0. The van der Waals surface area contributed by atoms with E-state index in [1.807, 2.05) is 48.5 Å². The molecule has 4 aromatic heterocycles. The van der Waals surface area contributed by atoms with Gasteiger partial charge >= 0.3 is 0 Å². The van der Waals surface area contributed by atoms with Crippen LogP contribution >= 0.6 is 22.7 Å². The van der Waals surface area contributed by atoms with Gasteiger partial charge in [-0.15, -0.1) is 22.7 Å². The number of furan rings is 1. The number of benzene rings is 7. The molecule has 0 saturated heterocycles. The molecule has 0 spiro atoms. The van der Waals surface area contributed by atoms with E-state index in [1.54, 1.807) is 22.7 Å². The maximum absolute atomic E-state index is 6.46. The van der Waals surface area contributed by atoms with Crippen LogP contribution < -0.4 is 0 Å². The van der Waals surface area contributed by atoms with Gasteiger partial charge in [0, 0.05) is 53.2 Å². The zero-order valence-electron chi connectivity index (χ0n) is 28.0. The van der Waals surface area contributed by atoms with Crippen LogP contribution in [0.2, 0.25) is 0 Å². The molecule has 0 aliphatic rings. The van der Waals surface area contributed by atoms with Crippen molar-refractivity contribution in [1.82, 2.24) is 19.9 Å². The molecule has 0 fully saturated rings. The van der Waals surface area contributed by atoms with Gasteiger partial charge in [0.05, 0.1) is 10.2 Å². The average Bonchev–Trinajstić information content (AvgIpc) is 3.94. The second-order valence-corrected chi connectivity index (χ2v) is 15.1. The van der Waals surface area contributed by atoms with Gasteiger partial charge in [-0.25, -0.2) is 19.9 Å². The summed E-state index contributed by atoms with van der Waals surface area (Å²) in [5, 5.41) is 5.46. The molecule has 4 heterocycles. The third-order valence-corrected chi connectivity index (χ3v) is 12.1. The average molecular weight is 715 g/mol. The number of rotatable bonds is 5. The Morgan fingerprint density at radius 3 is 1.94 bits per heavy atom. The smallest absolute Gasteiger partial charge is 0.165 e. The Morgan fingerprint density at radius 2 is 1.08 bits per heavy atom. The molecule has 0 aliphatic heterocycles. The molecular weight excluding hydrogens is 689 g/mol. The van der Waals surface area contributed by atoms with Gasteiger partial charge in [-0.05, 0) is 53.6 Å². The lowest BCUT2D eigenvalue weighted by molar-refractivity contribution is 0.669. The van der Waals surface area contributed by atoms with Crippen molar-refractivity contribution in [2.45, 2.75) is 0 Å². The van der Waals surface area contributed by atoms with E-state index < -0.39 is 0 Å². The third-order valence-electron chi connectivity index (χ3n) is 9.81. The number of nitrogens with zero attached hydrogens (tertiary/aromatic N) is 4. The molecular formula is C46H26N4OS2. The van der Waals surface area contributed by atoms with Crippen molar-refractivity contribution in [1.29, 1.82) is 0 Å². The molecule has 0 amide bonds. The van der Waals surface area contributed by atoms with Gasteiger partial charge in [0.15, 0.2) is 17.5 Å². The summed E-state index contributed by atoms with van der Waals surface area (Å²) >= 11 is 3.49. The molecule has 7 heteroatoms. The van der Waals surface area contributed by atoms with E-state index in [9.17, 15) is 0 Å². The fourth-order valence-corrected chi connectivity index (χ4v) is 9.43. The molecule has 11 aromatic rings. The Labute approximate surface area is 311 Å². The summed E-state index contributed by atoms with van der Waals surface area (Å²) in [5.41, 5.74) is 8.78. The highest BCUT2D eigenvalue weighted by atomic mass is 32.1. The first-order valence-corrected chi connectivity index (χ1v) is 19.0. The van der Waals surface area contributed by atoms with Crippen LogP contribution in [0.4, 0.5) is 0 Å². The van der Waals surface area contributed by atoms with Crippen LogP contribution in [0.25, 0.3) is 108 Å². The van der Waals surface area contributed by atoms with Crippen molar-refractivity contribution in [3.63, 3.8) is 0 Å². The van der Waals surface area contributed by atoms with Gasteiger partial charge in [-0.3, -0.25) is 0 Å². The van der Waals surface area contributed by atoms with Crippen LogP contribution in [0, 0.1) is 0 Å². The number of hydrogen-bond donors (Lipinski definition) is 0. The van der Waals surface area contributed by atoms with Gasteiger partial charge in [0.1, 0.15) is 16.2 Å². The minimum Gasteiger partial charge on any atom is -0.456 e. The lowest BCUT2D eigenvalue weighted by atomic mass is 9.99. The maximum atomic E-state index is 6.46. The fraction of sp³-hybridized carbons (Fsp3) is 0. The van der Waals surface area contributed by atoms with Crippen molar-refractivity contribution >= 4 is 75.0 Å². The molecule has 0 N–H and O–H groups in total. The highest BCUT2D eigenvalue weighted by Crippen LogP contribution is 2.42. The van der Waals surface area contributed by atoms with E-state index in [2.05, 4.69) is 109 Å². The van der Waals surface area contributed by atoms with E-state index in [4.69, 9.17) is 24.4 Å². The summed E-state index contributed by atoms with van der Waals surface area (Å²) in [6.07, 6.45) is 0. The molecule has 0 unspecified atom stereocenters. The van der Waals surface area contributed by atoms with Gasteiger partial charge in [0.2, 0.25) is 0 Å². The quantitative estimate of drug-likeness (QED) is 0.178. The van der Waals surface area contributed by atoms with Gasteiger partial charge in [-0.1, -0.05) is 115 Å². The largest absolute Gasteiger partial charge is 0.456 e. The van der Waals surface area contributed by atoms with Crippen LogP contribution in [0.1, 0.15) is 0 Å². The Hall–Kier alpha value is -6.54. The summed E-state index contributed by atoms with van der Waals surface area (Å²) in [7, 11) is 0. The molecule has 248 valence electrons. The second kappa shape index (κ2) is 12.0. The molecule has 0 radical (unpaired) electrons. The first-order valence-electron chi connectivity index (χ1n) is 17.4. The number of thiophene rings is 1. The van der Waals surface area contributed by atoms with Crippen LogP contribution in [-0.4, -0.2) is 19.9 Å². The first-order chi connectivity index (χ1) is 26.2. The number of hydrogen-bond acceptors (Lipinski definition) is 7. The Kier molecular flexibility index (Phi) is 6.83. The Balaban J connectivity index is 1.07. The number of para-hydroxylation sites is 1. The molecule has 7 aromatic carbocycles. The van der Waals surface area contributed by atoms with Gasteiger partial charge in [0.25, 0.3) is 0 Å². The minimum absolute atomic E-state index is 0.603. The standard InChI is InChI=1S/C46H26N4OS2/c1-2-10-28(11-3-1)43-48-44(50-45(49-43)34-15-8-13-32-31-12-4-6-18-39(31)52-42(32)34)33-14-9-17-38-41(33)35-26-30(24-25-37(35)51-38)27-20-22-29(23-21-27)46-47-36-16-5-7-19-40(36)53-46/h1-26H. The fourth-order valence-electron chi connectivity index (χ4n) is 7.25. The highest BCUT2D eigenvalue weighted by Gasteiger charge is 2.20. The lowest BCUT2D eigenvalue weighted by Gasteiger charge is -2.10. The summed E-state index contributed by atoms with van der Waals surface area (Å²) in [6, 6.07) is 54.5. The van der Waals surface area contributed by atoms with E-state index in [1.165, 1.54) is 20.2 Å². The molecule has 0 atom stereocenters. The molecule has 0 saturated carbocycles. The van der Waals surface area contributed by atoms with Crippen LogP contribution in [0.15, 0.2) is 162 Å². The number of thiazole rings is 1. The van der Waals surface area contributed by atoms with Crippen molar-refractivity contribution in [2.24, 2.45) is 0 Å². The molecule has 11 rings (SSSR count). The summed E-state index contributed by atoms with van der Waals surface area (Å²) in [5.74, 6) is 1.87. The first kappa shape index (κ1) is 30.1. The van der Waals surface area contributed by atoms with Crippen molar-refractivity contribution in [2.75, 3.05) is 0 Å². The van der Waals surface area contributed by atoms with Crippen molar-refractivity contribution < 1.29 is 4.42 Å². The predicted molar refractivity (Wildman–Crippen MR) is 220 cm³/mol. The van der Waals surface area contributed by atoms with Crippen LogP contribution in [-0.2, 0) is 0 Å². The van der Waals surface area contributed by atoms with E-state index in [-0.39, 0.29) is 0 Å². The van der Waals surface area contributed by atoms with Crippen LogP contribution in [0.3, 0.4) is 0 Å². The van der Waals surface area contributed by atoms with Gasteiger partial charge < -0.3 is 4.42 Å². The van der Waals surface area contributed by atoms with E-state index >= 15 is 0 Å². The SMILES string of the molecule is c1ccc(-c2nc(-c3cccc4c3sc3ccccc34)nc(-c3cccc4oc5ccc(-c6ccc(-c7nc8ccccc8s7)cc6)cc5c34)n2)cc1. The summed E-state index contributed by atoms with van der Waals surface area (Å²) in [6.45, 7) is 0. The topological polar surface area (TPSA) is 64.7 Å². The zero-order valence-corrected chi connectivity index (χ0v) is 29.7. The zero-order chi connectivity index (χ0) is 34.9. The van der Waals surface area contributed by atoms with Gasteiger partial charge in [-0.2, -0.15) is 0 Å². The van der Waals surface area contributed by atoms with Crippen molar-refractivity contribution in [3.8, 4) is 55.9 Å². The summed E-state index contributed by atoms with van der Waals surface area (Å²) in [4.78, 5) is 20.3. The number of aromatic nitrogens is 4. The van der Waals surface area contributed by atoms with E-state index in [0.29, 0.717) is 17.5 Å².